The van der Waals surface area contributed by atoms with E-state index in [1.807, 2.05) is 25.1 Å². The minimum absolute atomic E-state index is 0.0552. The van der Waals surface area contributed by atoms with Crippen LogP contribution >= 0.6 is 0 Å². The molecule has 114 valence electrons. The maximum Gasteiger partial charge on any atom is 0.223 e. The molecule has 0 saturated heterocycles. The van der Waals surface area contributed by atoms with Crippen LogP contribution in [0.2, 0.25) is 0 Å². The van der Waals surface area contributed by atoms with Gasteiger partial charge in [0.15, 0.2) is 5.78 Å². The summed E-state index contributed by atoms with van der Waals surface area (Å²) in [5, 5.41) is 3.31. The van der Waals surface area contributed by atoms with Crippen molar-refractivity contribution in [2.45, 2.75) is 52.6 Å². The van der Waals surface area contributed by atoms with Crippen molar-refractivity contribution in [1.29, 1.82) is 0 Å². The summed E-state index contributed by atoms with van der Waals surface area (Å²) in [4.78, 5) is 25.8. The monoisotopic (exact) mass is 288 g/mol. The summed E-state index contributed by atoms with van der Waals surface area (Å²) in [7, 11) is 0. The second-order valence-corrected chi connectivity index (χ2v) is 5.83. The molecule has 0 saturated carbocycles. The first kappa shape index (κ1) is 15.7. The molecule has 21 heavy (non-hydrogen) atoms. The highest BCUT2D eigenvalue weighted by Crippen LogP contribution is 2.29. The van der Waals surface area contributed by atoms with Gasteiger partial charge in [-0.25, -0.2) is 0 Å². The van der Waals surface area contributed by atoms with Gasteiger partial charge in [0.05, 0.1) is 6.04 Å². The van der Waals surface area contributed by atoms with Crippen LogP contribution in [0.5, 0.6) is 0 Å². The second kappa shape index (κ2) is 6.39. The zero-order valence-corrected chi connectivity index (χ0v) is 13.3. The summed E-state index contributed by atoms with van der Waals surface area (Å²) in [6.45, 7) is 8.37. The molecule has 2 atom stereocenters. The molecule has 4 heteroatoms. The highest BCUT2D eigenvalue weighted by atomic mass is 16.2. The van der Waals surface area contributed by atoms with E-state index in [1.165, 1.54) is 0 Å². The number of benzene rings is 1. The maximum absolute atomic E-state index is 12.5. The quantitative estimate of drug-likeness (QED) is 0.847. The Balaban J connectivity index is 2.16. The van der Waals surface area contributed by atoms with Crippen LogP contribution in [0, 0.1) is 0 Å². The topological polar surface area (TPSA) is 49.4 Å². The summed E-state index contributed by atoms with van der Waals surface area (Å²) in [5.74, 6) is 0.166. The van der Waals surface area contributed by atoms with Crippen molar-refractivity contribution < 1.29 is 9.59 Å². The van der Waals surface area contributed by atoms with Gasteiger partial charge in [-0.15, -0.1) is 0 Å². The van der Waals surface area contributed by atoms with Crippen molar-refractivity contribution in [3.8, 4) is 0 Å². The largest absolute Gasteiger partial charge is 0.312 e. The highest BCUT2D eigenvalue weighted by Gasteiger charge is 2.24. The summed E-state index contributed by atoms with van der Waals surface area (Å²) in [6.07, 6.45) is 1.82. The van der Waals surface area contributed by atoms with E-state index in [0.29, 0.717) is 12.6 Å². The molecule has 0 aliphatic carbocycles. The Morgan fingerprint density at radius 3 is 2.67 bits per heavy atom. The fourth-order valence-electron chi connectivity index (χ4n) is 2.75. The van der Waals surface area contributed by atoms with Crippen molar-refractivity contribution in [3.63, 3.8) is 0 Å². The summed E-state index contributed by atoms with van der Waals surface area (Å²) < 4.78 is 0. The van der Waals surface area contributed by atoms with Gasteiger partial charge in [0, 0.05) is 30.8 Å². The number of amides is 1. The Bertz CT molecular complexity index is 554. The van der Waals surface area contributed by atoms with Gasteiger partial charge >= 0.3 is 0 Å². The van der Waals surface area contributed by atoms with Crippen molar-refractivity contribution in [2.24, 2.45) is 0 Å². The minimum atomic E-state index is -0.191. The number of Topliss-reactive ketones (excluding diaryl/α,β-unsaturated/α-hetero) is 1. The average Bonchev–Trinajstić information content (AvgIpc) is 2.89. The number of carbonyl (C=O) groups excluding carboxylic acids is 2. The summed E-state index contributed by atoms with van der Waals surface area (Å²) in [6, 6.07) is 5.80. The molecule has 1 heterocycles. The van der Waals surface area contributed by atoms with Crippen LogP contribution in [-0.4, -0.2) is 30.3 Å². The molecule has 1 amide bonds. The standard InChI is InChI=1S/C17H24N2O2/c1-5-11(2)18-12(3)17(21)15-6-7-16-14(10-15)8-9-19(16)13(4)20/h6-7,10-12,18H,5,8-9H2,1-4H3. The lowest BCUT2D eigenvalue weighted by molar-refractivity contribution is -0.116. The first-order valence-electron chi connectivity index (χ1n) is 7.65. The molecule has 1 aromatic carbocycles. The van der Waals surface area contributed by atoms with Gasteiger partial charge < -0.3 is 10.2 Å². The van der Waals surface area contributed by atoms with E-state index in [1.54, 1.807) is 11.8 Å². The summed E-state index contributed by atoms with van der Waals surface area (Å²) in [5.41, 5.74) is 2.76. The number of fused-ring (bicyclic) bond motifs is 1. The van der Waals surface area contributed by atoms with E-state index in [2.05, 4.69) is 19.2 Å². The van der Waals surface area contributed by atoms with Crippen molar-refractivity contribution in [3.05, 3.63) is 29.3 Å². The highest BCUT2D eigenvalue weighted by molar-refractivity contribution is 6.01. The zero-order valence-electron chi connectivity index (χ0n) is 13.3. The Morgan fingerprint density at radius 2 is 2.05 bits per heavy atom. The molecule has 1 N–H and O–H groups in total. The van der Waals surface area contributed by atoms with Gasteiger partial charge in [0.25, 0.3) is 0 Å². The van der Waals surface area contributed by atoms with Crippen molar-refractivity contribution in [2.75, 3.05) is 11.4 Å². The minimum Gasteiger partial charge on any atom is -0.312 e. The van der Waals surface area contributed by atoms with Crippen molar-refractivity contribution >= 4 is 17.4 Å². The molecule has 0 fully saturated rings. The van der Waals surface area contributed by atoms with Gasteiger partial charge in [-0.2, -0.15) is 0 Å². The Labute approximate surface area is 126 Å². The predicted molar refractivity (Wildman–Crippen MR) is 84.9 cm³/mol. The lowest BCUT2D eigenvalue weighted by Crippen LogP contribution is -2.39. The van der Waals surface area contributed by atoms with Gasteiger partial charge in [0.1, 0.15) is 0 Å². The first-order valence-corrected chi connectivity index (χ1v) is 7.65. The number of ketones is 1. The Morgan fingerprint density at radius 1 is 1.33 bits per heavy atom. The Kier molecular flexibility index (Phi) is 4.78. The number of nitrogens with zero attached hydrogens (tertiary/aromatic N) is 1. The number of carbonyl (C=O) groups is 2. The van der Waals surface area contributed by atoms with E-state index in [9.17, 15) is 9.59 Å². The molecular formula is C17H24N2O2. The van der Waals surface area contributed by atoms with Crippen LogP contribution in [0.1, 0.15) is 50.0 Å². The van der Waals surface area contributed by atoms with Gasteiger partial charge in [-0.05, 0) is 50.5 Å². The van der Waals surface area contributed by atoms with Gasteiger partial charge in [-0.3, -0.25) is 9.59 Å². The van der Waals surface area contributed by atoms with E-state index in [-0.39, 0.29) is 17.7 Å². The predicted octanol–water partition coefficient (Wildman–Crippen LogP) is 2.55. The second-order valence-electron chi connectivity index (χ2n) is 5.83. The molecule has 0 radical (unpaired) electrons. The van der Waals surface area contributed by atoms with Crippen LogP contribution in [0.3, 0.4) is 0 Å². The van der Waals surface area contributed by atoms with Gasteiger partial charge in [0.2, 0.25) is 5.91 Å². The molecule has 2 unspecified atom stereocenters. The van der Waals surface area contributed by atoms with Crippen LogP contribution in [-0.2, 0) is 11.2 Å². The van der Waals surface area contributed by atoms with E-state index in [0.717, 1.165) is 29.7 Å². The van der Waals surface area contributed by atoms with Crippen LogP contribution < -0.4 is 10.2 Å². The molecule has 2 rings (SSSR count). The SMILES string of the molecule is CCC(C)NC(C)C(=O)c1ccc2c(c1)CCN2C(C)=O. The maximum atomic E-state index is 12.5. The Hall–Kier alpha value is -1.68. The van der Waals surface area contributed by atoms with Crippen LogP contribution in [0.4, 0.5) is 5.69 Å². The number of nitrogens with one attached hydrogen (secondary N) is 1. The molecule has 4 nitrogen and oxygen atoms in total. The fourth-order valence-corrected chi connectivity index (χ4v) is 2.75. The number of anilines is 1. The molecule has 1 aliphatic heterocycles. The number of hydrogen-bond donors (Lipinski definition) is 1. The van der Waals surface area contributed by atoms with Gasteiger partial charge in [-0.1, -0.05) is 6.92 Å². The molecule has 1 aliphatic rings. The number of hydrogen-bond acceptors (Lipinski definition) is 3. The third-order valence-corrected chi connectivity index (χ3v) is 4.18. The van der Waals surface area contributed by atoms with E-state index >= 15 is 0 Å². The lowest BCUT2D eigenvalue weighted by Gasteiger charge is -2.18. The molecule has 1 aromatic rings. The normalized spacial score (nSPS) is 16.5. The van der Waals surface area contributed by atoms with E-state index < -0.39 is 0 Å². The molecule has 0 spiro atoms. The summed E-state index contributed by atoms with van der Waals surface area (Å²) >= 11 is 0. The number of rotatable bonds is 5. The fraction of sp³-hybridized carbons (Fsp3) is 0.529. The lowest BCUT2D eigenvalue weighted by atomic mass is 10.0. The zero-order chi connectivity index (χ0) is 15.6. The molecular weight excluding hydrogens is 264 g/mol. The third-order valence-electron chi connectivity index (χ3n) is 4.18. The van der Waals surface area contributed by atoms with E-state index in [4.69, 9.17) is 0 Å². The third kappa shape index (κ3) is 3.32. The average molecular weight is 288 g/mol. The molecule has 0 aromatic heterocycles. The van der Waals surface area contributed by atoms with Crippen molar-refractivity contribution in [1.82, 2.24) is 5.32 Å². The van der Waals surface area contributed by atoms with Crippen LogP contribution in [0.15, 0.2) is 18.2 Å². The first-order chi connectivity index (χ1) is 9.93. The van der Waals surface area contributed by atoms with Crippen LogP contribution in [0.25, 0.3) is 0 Å². The molecule has 0 bridgehead atoms. The smallest absolute Gasteiger partial charge is 0.223 e.